The van der Waals surface area contributed by atoms with Crippen LogP contribution in [0.2, 0.25) is 0 Å². The Kier molecular flexibility index (Phi) is 9.58. The number of carboxylic acid groups (broad SMARTS) is 1. The molecule has 0 aliphatic carbocycles. The first-order valence-electron chi connectivity index (χ1n) is 11.1. The van der Waals surface area contributed by atoms with Crippen molar-refractivity contribution in [1.29, 1.82) is 0 Å². The lowest BCUT2D eigenvalue weighted by atomic mass is 9.97. The molecule has 0 aliphatic heterocycles. The van der Waals surface area contributed by atoms with Gasteiger partial charge in [-0.15, -0.1) is 0 Å². The third kappa shape index (κ3) is 7.03. The quantitative estimate of drug-likeness (QED) is 0.218. The molecule has 2 rings (SSSR count). The molecule has 2 aromatic rings. The first-order chi connectivity index (χ1) is 16.0. The molecule has 0 saturated heterocycles. The second-order valence-corrected chi connectivity index (χ2v) is 8.38. The number of aromatic nitrogens is 1. The maximum Gasteiger partial charge on any atom is 0.328 e. The molecule has 0 saturated carbocycles. The predicted molar refractivity (Wildman–Crippen MR) is 126 cm³/mol. The van der Waals surface area contributed by atoms with Gasteiger partial charge in [-0.1, -0.05) is 38.5 Å². The number of H-pyrrole nitrogens is 1. The number of hydrogen-bond donors (Lipinski definition) is 7. The van der Waals surface area contributed by atoms with Crippen LogP contribution in [-0.2, 0) is 25.6 Å². The zero-order valence-electron chi connectivity index (χ0n) is 19.5. The lowest BCUT2D eigenvalue weighted by molar-refractivity contribution is -0.144. The van der Waals surface area contributed by atoms with Gasteiger partial charge in [0.2, 0.25) is 17.7 Å². The highest BCUT2D eigenvalue weighted by atomic mass is 16.4. The Bertz CT molecular complexity index is 1020. The molecule has 0 fully saturated rings. The standard InChI is InChI=1S/C23H33N5O6/c1-4-12(2)19(22(32)26-11-18(30)27-20(13(3)29)23(33)34)28-21(31)16(24)9-14-10-25-17-8-6-5-7-15(14)17/h5-8,10,12-13,16,19-20,25,29H,4,9,11,24H2,1-3H3,(H,26,32)(H,27,30)(H,28,31)(H,33,34). The summed E-state index contributed by atoms with van der Waals surface area (Å²) in [6.07, 6.45) is 1.32. The second kappa shape index (κ2) is 12.1. The summed E-state index contributed by atoms with van der Waals surface area (Å²) in [5, 5.41) is 26.7. The zero-order chi connectivity index (χ0) is 25.4. The number of nitrogens with two attached hydrogens (primary N) is 1. The van der Waals surface area contributed by atoms with Crippen LogP contribution in [0, 0.1) is 5.92 Å². The second-order valence-electron chi connectivity index (χ2n) is 8.38. The van der Waals surface area contributed by atoms with Crippen molar-refractivity contribution >= 4 is 34.6 Å². The number of benzene rings is 1. The van der Waals surface area contributed by atoms with E-state index in [2.05, 4.69) is 20.9 Å². The van der Waals surface area contributed by atoms with Crippen LogP contribution in [0.3, 0.4) is 0 Å². The van der Waals surface area contributed by atoms with Crippen molar-refractivity contribution in [2.45, 2.75) is 57.8 Å². The number of carboxylic acids is 1. The fourth-order valence-electron chi connectivity index (χ4n) is 3.48. The van der Waals surface area contributed by atoms with E-state index in [4.69, 9.17) is 10.8 Å². The molecule has 0 bridgehead atoms. The number of hydrogen-bond acceptors (Lipinski definition) is 6. The monoisotopic (exact) mass is 475 g/mol. The van der Waals surface area contributed by atoms with Gasteiger partial charge in [0.05, 0.1) is 18.7 Å². The maximum atomic E-state index is 12.8. The topological polar surface area (TPSA) is 187 Å². The van der Waals surface area contributed by atoms with E-state index >= 15 is 0 Å². The number of aliphatic hydroxyl groups is 1. The maximum absolute atomic E-state index is 12.8. The molecular formula is C23H33N5O6. The van der Waals surface area contributed by atoms with Gasteiger partial charge < -0.3 is 36.9 Å². The van der Waals surface area contributed by atoms with Crippen LogP contribution < -0.4 is 21.7 Å². The molecule has 1 aromatic heterocycles. The number of aliphatic hydroxyl groups excluding tert-OH is 1. The van der Waals surface area contributed by atoms with Gasteiger partial charge in [0.25, 0.3) is 0 Å². The molecule has 8 N–H and O–H groups in total. The molecule has 1 aromatic carbocycles. The summed E-state index contributed by atoms with van der Waals surface area (Å²) in [6.45, 7) is 4.35. The van der Waals surface area contributed by atoms with Crippen LogP contribution in [0.15, 0.2) is 30.5 Å². The van der Waals surface area contributed by atoms with Gasteiger partial charge in [-0.2, -0.15) is 0 Å². The molecule has 1 heterocycles. The summed E-state index contributed by atoms with van der Waals surface area (Å²) < 4.78 is 0. The van der Waals surface area contributed by atoms with Crippen LogP contribution in [0.1, 0.15) is 32.8 Å². The molecule has 3 amide bonds. The van der Waals surface area contributed by atoms with Gasteiger partial charge >= 0.3 is 5.97 Å². The van der Waals surface area contributed by atoms with Crippen molar-refractivity contribution in [2.75, 3.05) is 6.54 Å². The van der Waals surface area contributed by atoms with Crippen molar-refractivity contribution < 1.29 is 29.4 Å². The lowest BCUT2D eigenvalue weighted by Crippen LogP contribution is -2.56. The van der Waals surface area contributed by atoms with Gasteiger partial charge in [0.15, 0.2) is 6.04 Å². The van der Waals surface area contributed by atoms with Gasteiger partial charge in [0, 0.05) is 17.1 Å². The molecule has 0 spiro atoms. The number of carbonyl (C=O) groups is 4. The number of carbonyl (C=O) groups excluding carboxylic acids is 3. The normalized spacial score (nSPS) is 15.6. The first kappa shape index (κ1) is 26.8. The first-order valence-corrected chi connectivity index (χ1v) is 11.1. The molecular weight excluding hydrogens is 442 g/mol. The minimum atomic E-state index is -1.50. The zero-order valence-corrected chi connectivity index (χ0v) is 19.5. The van der Waals surface area contributed by atoms with Gasteiger partial charge in [-0.25, -0.2) is 4.79 Å². The molecule has 5 unspecified atom stereocenters. The summed E-state index contributed by atoms with van der Waals surface area (Å²) in [7, 11) is 0. The third-order valence-corrected chi connectivity index (χ3v) is 5.73. The van der Waals surface area contributed by atoms with E-state index in [0.29, 0.717) is 6.42 Å². The third-order valence-electron chi connectivity index (χ3n) is 5.73. The van der Waals surface area contributed by atoms with Gasteiger partial charge in [-0.3, -0.25) is 14.4 Å². The molecule has 186 valence electrons. The average molecular weight is 476 g/mol. The lowest BCUT2D eigenvalue weighted by Gasteiger charge is -2.25. The molecule has 0 radical (unpaired) electrons. The van der Waals surface area contributed by atoms with Crippen molar-refractivity contribution in [3.8, 4) is 0 Å². The summed E-state index contributed by atoms with van der Waals surface area (Å²) in [4.78, 5) is 51.8. The largest absolute Gasteiger partial charge is 0.480 e. The molecule has 5 atom stereocenters. The molecule has 11 nitrogen and oxygen atoms in total. The van der Waals surface area contributed by atoms with Crippen molar-refractivity contribution in [2.24, 2.45) is 11.7 Å². The summed E-state index contributed by atoms with van der Waals surface area (Å²) in [5.74, 6) is -3.54. The smallest absolute Gasteiger partial charge is 0.328 e. The van der Waals surface area contributed by atoms with Crippen molar-refractivity contribution in [3.63, 3.8) is 0 Å². The Morgan fingerprint density at radius 1 is 1.06 bits per heavy atom. The van der Waals surface area contributed by atoms with Crippen LogP contribution in [0.5, 0.6) is 0 Å². The molecule has 11 heteroatoms. The van der Waals surface area contributed by atoms with Crippen molar-refractivity contribution in [1.82, 2.24) is 20.9 Å². The SMILES string of the molecule is CCC(C)C(NC(=O)C(N)Cc1c[nH]c2ccccc12)C(=O)NCC(=O)NC(C(=O)O)C(C)O. The highest BCUT2D eigenvalue weighted by Gasteiger charge is 2.29. The summed E-state index contributed by atoms with van der Waals surface area (Å²) >= 11 is 0. The number of rotatable bonds is 12. The number of para-hydroxylation sites is 1. The summed E-state index contributed by atoms with van der Waals surface area (Å²) in [6, 6.07) is 4.30. The summed E-state index contributed by atoms with van der Waals surface area (Å²) in [5.41, 5.74) is 7.93. The highest BCUT2D eigenvalue weighted by Crippen LogP contribution is 2.19. The Labute approximate surface area is 197 Å². The average Bonchev–Trinajstić information content (AvgIpc) is 3.20. The number of nitrogens with one attached hydrogen (secondary N) is 4. The van der Waals surface area contributed by atoms with E-state index in [1.807, 2.05) is 31.2 Å². The molecule has 34 heavy (non-hydrogen) atoms. The highest BCUT2D eigenvalue weighted by molar-refractivity contribution is 5.93. The molecule has 0 aliphatic rings. The van der Waals surface area contributed by atoms with E-state index in [1.165, 1.54) is 6.92 Å². The number of aliphatic carboxylic acids is 1. The van der Waals surface area contributed by atoms with E-state index in [-0.39, 0.29) is 12.3 Å². The Balaban J connectivity index is 1.98. The van der Waals surface area contributed by atoms with E-state index < -0.39 is 54.5 Å². The van der Waals surface area contributed by atoms with Gasteiger partial charge in [-0.05, 0) is 30.9 Å². The van der Waals surface area contributed by atoms with E-state index in [0.717, 1.165) is 16.5 Å². The van der Waals surface area contributed by atoms with Crippen molar-refractivity contribution in [3.05, 3.63) is 36.0 Å². The van der Waals surface area contributed by atoms with E-state index in [1.54, 1.807) is 13.1 Å². The number of amides is 3. The minimum Gasteiger partial charge on any atom is -0.480 e. The number of fused-ring (bicyclic) bond motifs is 1. The fourth-order valence-corrected chi connectivity index (χ4v) is 3.48. The predicted octanol–water partition coefficient (Wildman–Crippen LogP) is -0.365. The number of aromatic amines is 1. The minimum absolute atomic E-state index is 0.253. The van der Waals surface area contributed by atoms with Crippen LogP contribution >= 0.6 is 0 Å². The van der Waals surface area contributed by atoms with Crippen LogP contribution in [0.25, 0.3) is 10.9 Å². The van der Waals surface area contributed by atoms with Crippen LogP contribution in [-0.4, -0.2) is 69.7 Å². The Morgan fingerprint density at radius 3 is 2.35 bits per heavy atom. The Morgan fingerprint density at radius 2 is 1.74 bits per heavy atom. The fraction of sp³-hybridized carbons (Fsp3) is 0.478. The van der Waals surface area contributed by atoms with E-state index in [9.17, 15) is 24.3 Å². The Hall–Kier alpha value is -3.44. The van der Waals surface area contributed by atoms with Gasteiger partial charge in [0.1, 0.15) is 6.04 Å². The van der Waals surface area contributed by atoms with Crippen LogP contribution in [0.4, 0.5) is 0 Å².